The zero-order chi connectivity index (χ0) is 78.8. The van der Waals surface area contributed by atoms with Gasteiger partial charge in [-0.1, -0.05) is 6.92 Å². The number of rotatable bonds is 37. The van der Waals surface area contributed by atoms with E-state index in [1.165, 1.54) is 19.6 Å². The van der Waals surface area contributed by atoms with Gasteiger partial charge in [-0.05, 0) is 193 Å². The largest absolute Gasteiger partial charge is 0.480 e. The number of carbonyl (C=O) groups is 12. The fourth-order valence-electron chi connectivity index (χ4n) is 9.20. The quantitative estimate of drug-likeness (QED) is 0.0515. The smallest absolute Gasteiger partial charge is 0.419 e. The Balaban J connectivity index is 8.08. The van der Waals surface area contributed by atoms with E-state index in [1.54, 1.807) is 197 Å². The average molecular weight is 1450 g/mol. The number of imide groups is 1. The first-order valence-electron chi connectivity index (χ1n) is 34.3. The van der Waals surface area contributed by atoms with Gasteiger partial charge in [0.05, 0.1) is 52.4 Å². The van der Waals surface area contributed by atoms with Crippen LogP contribution >= 0.6 is 0 Å². The number of likely N-dealkylation sites (N-methyl/N-ethyl adjacent to an activating group) is 1. The Morgan fingerprint density at radius 2 is 0.525 bits per heavy atom. The molecule has 0 heterocycles. The topological polar surface area (TPSA) is 355 Å². The van der Waals surface area contributed by atoms with Crippen LogP contribution in [-0.2, 0) is 90.6 Å². The third-order valence-electron chi connectivity index (χ3n) is 12.5. The van der Waals surface area contributed by atoms with E-state index in [1.807, 2.05) is 6.92 Å². The number of hydrogen-bond acceptors (Lipinski definition) is 27. The van der Waals surface area contributed by atoms with E-state index >= 15 is 9.59 Å². The minimum atomic E-state index is -1.59. The molecule has 0 aromatic rings. The summed E-state index contributed by atoms with van der Waals surface area (Å²) in [5.74, 6) is -8.34. The second-order valence-electron chi connectivity index (χ2n) is 33.6. The average Bonchev–Trinajstić information content (AvgIpc) is 0.847. The van der Waals surface area contributed by atoms with Gasteiger partial charge in [0.1, 0.15) is 62.5 Å². The van der Waals surface area contributed by atoms with Crippen molar-refractivity contribution < 1.29 is 105 Å². The predicted octanol–water partition coefficient (Wildman–Crippen LogP) is 5.44. The van der Waals surface area contributed by atoms with E-state index in [0.717, 1.165) is 0 Å². The Morgan fingerprint density at radius 3 is 0.762 bits per heavy atom. The van der Waals surface area contributed by atoms with Gasteiger partial charge in [0, 0.05) is 65.4 Å². The highest BCUT2D eigenvalue weighted by Crippen LogP contribution is 2.20. The van der Waals surface area contributed by atoms with Crippen molar-refractivity contribution in [2.24, 2.45) is 0 Å². The second kappa shape index (κ2) is 40.3. The van der Waals surface area contributed by atoms with Crippen molar-refractivity contribution in [3.63, 3.8) is 0 Å². The van der Waals surface area contributed by atoms with Gasteiger partial charge in [0.15, 0.2) is 0 Å². The molecule has 4 amide bonds. The van der Waals surface area contributed by atoms with Crippen molar-refractivity contribution in [1.82, 2.24) is 44.9 Å². The molecule has 0 saturated heterocycles. The number of carboxylic acid groups (broad SMARTS) is 1. The summed E-state index contributed by atoms with van der Waals surface area (Å²) in [6.45, 7) is 39.3. The number of carboxylic acids is 1. The molecular weight excluding hydrogens is 1320 g/mol. The summed E-state index contributed by atoms with van der Waals surface area (Å²) in [5, 5.41) is 15.9. The maximum Gasteiger partial charge on any atom is 0.419 e. The fraction of sp³-hybridized carbons (Fsp3) is 0.829. The van der Waals surface area contributed by atoms with Crippen LogP contribution in [0.3, 0.4) is 0 Å². The van der Waals surface area contributed by atoms with Crippen molar-refractivity contribution in [3.05, 3.63) is 0 Å². The third kappa shape index (κ3) is 48.7. The summed E-state index contributed by atoms with van der Waals surface area (Å²) in [7, 11) is 0. The molecule has 0 spiro atoms. The molecule has 0 aromatic carbocycles. The van der Waals surface area contributed by atoms with Gasteiger partial charge in [0.2, 0.25) is 11.8 Å². The van der Waals surface area contributed by atoms with Crippen LogP contribution in [0.15, 0.2) is 0 Å². The van der Waals surface area contributed by atoms with Crippen molar-refractivity contribution in [2.75, 3.05) is 124 Å². The molecule has 101 heavy (non-hydrogen) atoms. The lowest BCUT2D eigenvalue weighted by atomic mass is 10.1. The lowest BCUT2D eigenvalue weighted by Crippen LogP contribution is -2.58. The van der Waals surface area contributed by atoms with Gasteiger partial charge in [0.25, 0.3) is 0 Å². The van der Waals surface area contributed by atoms with Crippen LogP contribution in [0.2, 0.25) is 0 Å². The highest BCUT2D eigenvalue weighted by molar-refractivity contribution is 5.88. The van der Waals surface area contributed by atoms with Gasteiger partial charge < -0.3 is 58.4 Å². The van der Waals surface area contributed by atoms with Gasteiger partial charge >= 0.3 is 59.9 Å². The van der Waals surface area contributed by atoms with Crippen LogP contribution in [0.1, 0.15) is 194 Å². The minimum Gasteiger partial charge on any atom is -0.480 e. The van der Waals surface area contributed by atoms with Gasteiger partial charge in [-0.15, -0.1) is 0 Å². The Hall–Kier alpha value is -6.80. The molecule has 0 radical (unpaired) electrons. The predicted molar refractivity (Wildman–Crippen MR) is 376 cm³/mol. The molecule has 3 N–H and O–H groups in total. The summed E-state index contributed by atoms with van der Waals surface area (Å²) >= 11 is 0. The number of nitrogens with zero attached hydrogens (tertiary/aromatic N) is 7. The van der Waals surface area contributed by atoms with Gasteiger partial charge in [-0.3, -0.25) is 77.3 Å². The summed E-state index contributed by atoms with van der Waals surface area (Å²) in [5.41, 5.74) is -9.06. The molecule has 31 nitrogen and oxygen atoms in total. The molecule has 0 aromatic heterocycles. The molecule has 0 aliphatic carbocycles. The van der Waals surface area contributed by atoms with E-state index in [4.69, 9.17) is 42.6 Å². The molecule has 584 valence electrons. The molecule has 0 saturated carbocycles. The molecule has 2 unspecified atom stereocenters. The molecule has 0 rings (SSSR count). The van der Waals surface area contributed by atoms with Gasteiger partial charge in [-0.2, -0.15) is 0 Å². The van der Waals surface area contributed by atoms with Crippen LogP contribution < -0.4 is 10.6 Å². The number of aliphatic carboxylic acids is 1. The summed E-state index contributed by atoms with van der Waals surface area (Å²) in [6.07, 6.45) is -2.19. The first-order chi connectivity index (χ1) is 45.4. The highest BCUT2D eigenvalue weighted by Gasteiger charge is 2.39. The molecule has 0 aliphatic rings. The maximum atomic E-state index is 15.1. The summed E-state index contributed by atoms with van der Waals surface area (Å²) in [4.78, 5) is 175. The van der Waals surface area contributed by atoms with Gasteiger partial charge in [-0.25, -0.2) is 14.5 Å². The zero-order valence-corrected chi connectivity index (χ0v) is 66.2. The molecular formula is C70H127N9O22. The minimum absolute atomic E-state index is 0.0354. The van der Waals surface area contributed by atoms with Crippen LogP contribution in [0, 0.1) is 0 Å². The number of ether oxygens (including phenoxy) is 9. The van der Waals surface area contributed by atoms with Crippen LogP contribution in [0.4, 0.5) is 9.59 Å². The van der Waals surface area contributed by atoms with E-state index in [9.17, 15) is 53.1 Å². The summed E-state index contributed by atoms with van der Waals surface area (Å²) < 4.78 is 50.9. The van der Waals surface area contributed by atoms with Crippen LogP contribution in [-0.4, -0.2) is 298 Å². The monoisotopic (exact) mass is 1450 g/mol. The van der Waals surface area contributed by atoms with Crippen molar-refractivity contribution >= 4 is 71.8 Å². The first kappa shape index (κ1) is 94.2. The highest BCUT2D eigenvalue weighted by atomic mass is 16.6. The Bertz CT molecular complexity index is 2650. The summed E-state index contributed by atoms with van der Waals surface area (Å²) in [6, 6.07) is -3.05. The van der Waals surface area contributed by atoms with Crippen molar-refractivity contribution in [2.45, 2.75) is 256 Å². The van der Waals surface area contributed by atoms with Crippen LogP contribution in [0.5, 0.6) is 0 Å². The Morgan fingerprint density at radius 1 is 0.297 bits per heavy atom. The van der Waals surface area contributed by atoms with Crippen LogP contribution in [0.25, 0.3) is 0 Å². The number of amides is 4. The van der Waals surface area contributed by atoms with E-state index in [0.29, 0.717) is 11.4 Å². The number of hydrogen-bond donors (Lipinski definition) is 3. The molecule has 0 bridgehead atoms. The molecule has 0 aliphatic heterocycles. The SMILES string of the molecule is CCN(CCN(CC(=O)OC(C)(C)C)CC(C(=O)NCCN(CCNC(=O)C(CN(CCN(C(=O)OC(C)(C)C)C(=O)OC(C)(C)C)CC(=O)OC(C)(C)C)N(CC(=O)OC(C)(C)C)CC(=O)OC(C)(C)C)CC(=O)O)N(CC(=O)OC(C)(C)C)CC(=O)OC(C)(C)C)CC(=O)OC(C)(C)C. The second-order valence-corrected chi connectivity index (χ2v) is 33.6. The third-order valence-corrected chi connectivity index (χ3v) is 12.5. The number of carbonyl (C=O) groups excluding carboxylic acids is 11. The van der Waals surface area contributed by atoms with Crippen molar-refractivity contribution in [3.8, 4) is 0 Å². The Labute approximate surface area is 600 Å². The maximum absolute atomic E-state index is 15.1. The zero-order valence-electron chi connectivity index (χ0n) is 66.2. The van der Waals surface area contributed by atoms with E-state index < -0.39 is 193 Å². The molecule has 0 fully saturated rings. The number of esters is 7. The molecule has 31 heteroatoms. The number of nitrogens with one attached hydrogen (secondary N) is 2. The molecule has 2 atom stereocenters. The van der Waals surface area contributed by atoms with E-state index in [2.05, 4.69) is 10.6 Å². The first-order valence-corrected chi connectivity index (χ1v) is 34.3. The fourth-order valence-corrected chi connectivity index (χ4v) is 9.20. The Kier molecular flexibility index (Phi) is 37.6. The standard InChI is InChI=1S/C70H127N9O22/c1-29-73(41-51(82)93-62(2,3)4)34-35-75(42-52(83)94-63(5,6)7)38-48(77(44-54(85)96-65(11,12)13)45-55(86)97-66(14,15)16)58(89)71-30-32-74(40-50(80)81)33-31-72-59(90)49(78(46-56(87)98-67(17,18)19)47-57(88)99-68(20,21)22)39-76(43-53(84)95-64(8,9)10)36-37-79(60(91)100-69(23,24)25)61(92)101-70(26,27)28/h48-49H,29-47H2,1-28H3,(H,71,89)(H,72,90)(H,80,81). The normalized spacial score (nSPS) is 13.5. The lowest BCUT2D eigenvalue weighted by Gasteiger charge is -2.36. The lowest BCUT2D eigenvalue weighted by molar-refractivity contribution is -0.164. The van der Waals surface area contributed by atoms with Crippen molar-refractivity contribution in [1.29, 1.82) is 0 Å². The van der Waals surface area contributed by atoms with E-state index in [-0.39, 0.29) is 58.9 Å².